The highest BCUT2D eigenvalue weighted by atomic mass is 33.1. The van der Waals surface area contributed by atoms with E-state index in [1.165, 1.54) is 0 Å². The molecule has 0 amide bonds. The third kappa shape index (κ3) is 5.41. The van der Waals surface area contributed by atoms with Crippen molar-refractivity contribution in [3.63, 3.8) is 0 Å². The minimum atomic E-state index is 0.541. The summed E-state index contributed by atoms with van der Waals surface area (Å²) in [7, 11) is 3.64. The van der Waals surface area contributed by atoms with Gasteiger partial charge < -0.3 is 11.5 Å². The van der Waals surface area contributed by atoms with Gasteiger partial charge in [0.05, 0.1) is 0 Å². The molecule has 0 heterocycles. The molecule has 0 bridgehead atoms. The number of hydrogen-bond donors (Lipinski definition) is 2. The van der Waals surface area contributed by atoms with Crippen molar-refractivity contribution in [1.82, 2.24) is 0 Å². The first kappa shape index (κ1) is 10.6. The van der Waals surface area contributed by atoms with Gasteiger partial charge in [-0.05, 0) is 0 Å². The first-order valence-electron chi connectivity index (χ1n) is 3.43. The maximum atomic E-state index is 5.43. The lowest BCUT2D eigenvalue weighted by Crippen LogP contribution is -2.15. The Morgan fingerprint density at radius 3 is 1.50 bits per heavy atom. The van der Waals surface area contributed by atoms with Gasteiger partial charge in [-0.1, -0.05) is 35.4 Å². The average Bonchev–Trinajstić information content (AvgIpc) is 1.99. The Morgan fingerprint density at radius 2 is 1.30 bits per heavy atom. The molecule has 4 heteroatoms. The van der Waals surface area contributed by atoms with E-state index in [9.17, 15) is 0 Å². The summed E-state index contributed by atoms with van der Waals surface area (Å²) in [5.41, 5.74) is 10.9. The van der Waals surface area contributed by atoms with Gasteiger partial charge in [0.1, 0.15) is 0 Å². The smallest absolute Gasteiger partial charge is 0.0245 e. The Morgan fingerprint density at radius 1 is 1.00 bits per heavy atom. The molecule has 0 fully saturated rings. The van der Waals surface area contributed by atoms with Crippen molar-refractivity contribution in [2.45, 2.75) is 24.3 Å². The second-order valence-corrected chi connectivity index (χ2v) is 5.43. The molecule has 0 spiro atoms. The summed E-state index contributed by atoms with van der Waals surface area (Å²) in [6, 6.07) is 0. The Hall–Kier alpha value is 0.620. The van der Waals surface area contributed by atoms with E-state index >= 15 is 0 Å². The molecule has 0 saturated heterocycles. The SMILES string of the molecule is C[C@H](CN)SS[C@@H](C)CN. The van der Waals surface area contributed by atoms with Crippen molar-refractivity contribution in [3.05, 3.63) is 0 Å². The standard InChI is InChI=1S/C6H16N2S2/c1-5(3-7)9-10-6(2)4-8/h5-6H,3-4,7-8H2,1-2H3/t5-,6+. The molecule has 0 unspecified atom stereocenters. The zero-order valence-corrected chi connectivity index (χ0v) is 8.17. The molecule has 0 aromatic carbocycles. The van der Waals surface area contributed by atoms with Gasteiger partial charge in [-0.3, -0.25) is 0 Å². The van der Waals surface area contributed by atoms with E-state index < -0.39 is 0 Å². The Kier molecular flexibility index (Phi) is 6.73. The summed E-state index contributed by atoms with van der Waals surface area (Å²) in [5, 5.41) is 1.08. The van der Waals surface area contributed by atoms with Crippen LogP contribution in [0.4, 0.5) is 0 Å². The van der Waals surface area contributed by atoms with Gasteiger partial charge in [-0.25, -0.2) is 0 Å². The molecule has 10 heavy (non-hydrogen) atoms. The largest absolute Gasteiger partial charge is 0.329 e. The van der Waals surface area contributed by atoms with Crippen LogP contribution in [0.1, 0.15) is 13.8 Å². The van der Waals surface area contributed by atoms with Crippen molar-refractivity contribution >= 4 is 21.6 Å². The lowest BCUT2D eigenvalue weighted by atomic mass is 10.5. The monoisotopic (exact) mass is 180 g/mol. The summed E-state index contributed by atoms with van der Waals surface area (Å²) in [5.74, 6) is 0. The average molecular weight is 180 g/mol. The molecule has 2 nitrogen and oxygen atoms in total. The van der Waals surface area contributed by atoms with Crippen LogP contribution in [-0.2, 0) is 0 Å². The summed E-state index contributed by atoms with van der Waals surface area (Å²) < 4.78 is 0. The van der Waals surface area contributed by atoms with Gasteiger partial charge in [0, 0.05) is 23.6 Å². The van der Waals surface area contributed by atoms with E-state index in [0.29, 0.717) is 10.5 Å². The molecular formula is C6H16N2S2. The van der Waals surface area contributed by atoms with Crippen LogP contribution in [0, 0.1) is 0 Å². The van der Waals surface area contributed by atoms with Gasteiger partial charge in [-0.15, -0.1) is 0 Å². The molecule has 0 aromatic rings. The molecule has 0 aliphatic rings. The topological polar surface area (TPSA) is 52.0 Å². The van der Waals surface area contributed by atoms with E-state index in [1.807, 2.05) is 21.6 Å². The van der Waals surface area contributed by atoms with Crippen LogP contribution in [0.15, 0.2) is 0 Å². The summed E-state index contributed by atoms with van der Waals surface area (Å²) in [6.45, 7) is 5.74. The molecule has 4 N–H and O–H groups in total. The van der Waals surface area contributed by atoms with Crippen molar-refractivity contribution in [3.8, 4) is 0 Å². The Labute approximate surface area is 70.9 Å². The normalized spacial score (nSPS) is 16.8. The first-order chi connectivity index (χ1) is 4.70. The minimum Gasteiger partial charge on any atom is -0.329 e. The van der Waals surface area contributed by atoms with Gasteiger partial charge in [0.15, 0.2) is 0 Å². The quantitative estimate of drug-likeness (QED) is 0.621. The molecule has 0 saturated carbocycles. The van der Waals surface area contributed by atoms with E-state index in [2.05, 4.69) is 13.8 Å². The van der Waals surface area contributed by atoms with Gasteiger partial charge >= 0.3 is 0 Å². The molecule has 0 radical (unpaired) electrons. The molecule has 0 aromatic heterocycles. The summed E-state index contributed by atoms with van der Waals surface area (Å²) in [6.07, 6.45) is 0. The molecule has 0 aliphatic heterocycles. The fourth-order valence-electron chi connectivity index (χ4n) is 0.268. The van der Waals surface area contributed by atoms with Crippen LogP contribution in [0.5, 0.6) is 0 Å². The predicted molar refractivity (Wildman–Crippen MR) is 52.2 cm³/mol. The van der Waals surface area contributed by atoms with Crippen molar-refractivity contribution in [2.24, 2.45) is 11.5 Å². The molecule has 0 rings (SSSR count). The van der Waals surface area contributed by atoms with Crippen LogP contribution in [0.3, 0.4) is 0 Å². The Bertz CT molecular complexity index is 70.1. The van der Waals surface area contributed by atoms with E-state index in [-0.39, 0.29) is 0 Å². The molecular weight excluding hydrogens is 164 g/mol. The fourth-order valence-corrected chi connectivity index (χ4v) is 2.41. The van der Waals surface area contributed by atoms with Crippen LogP contribution >= 0.6 is 21.6 Å². The highest BCUT2D eigenvalue weighted by Crippen LogP contribution is 2.29. The lowest BCUT2D eigenvalue weighted by Gasteiger charge is -2.10. The maximum absolute atomic E-state index is 5.43. The maximum Gasteiger partial charge on any atom is 0.0245 e. The number of nitrogens with two attached hydrogens (primary N) is 2. The van der Waals surface area contributed by atoms with E-state index in [4.69, 9.17) is 11.5 Å². The predicted octanol–water partition coefficient (Wildman–Crippen LogP) is 1.06. The third-order valence-electron chi connectivity index (χ3n) is 1.05. The van der Waals surface area contributed by atoms with Gasteiger partial charge in [0.25, 0.3) is 0 Å². The summed E-state index contributed by atoms with van der Waals surface area (Å²) >= 11 is 0. The Balaban J connectivity index is 3.17. The van der Waals surface area contributed by atoms with Crippen LogP contribution in [-0.4, -0.2) is 23.6 Å². The molecule has 2 atom stereocenters. The fraction of sp³-hybridized carbons (Fsp3) is 1.00. The van der Waals surface area contributed by atoms with Crippen molar-refractivity contribution in [2.75, 3.05) is 13.1 Å². The van der Waals surface area contributed by atoms with Crippen molar-refractivity contribution < 1.29 is 0 Å². The van der Waals surface area contributed by atoms with Crippen LogP contribution in [0.25, 0.3) is 0 Å². The molecule has 0 aliphatic carbocycles. The van der Waals surface area contributed by atoms with Crippen molar-refractivity contribution in [1.29, 1.82) is 0 Å². The third-order valence-corrected chi connectivity index (χ3v) is 4.51. The summed E-state index contributed by atoms with van der Waals surface area (Å²) in [4.78, 5) is 0. The minimum absolute atomic E-state index is 0.541. The number of rotatable bonds is 5. The second-order valence-electron chi connectivity index (χ2n) is 2.29. The van der Waals surface area contributed by atoms with Crippen LogP contribution < -0.4 is 11.5 Å². The zero-order chi connectivity index (χ0) is 7.98. The van der Waals surface area contributed by atoms with Gasteiger partial charge in [-0.2, -0.15) is 0 Å². The lowest BCUT2D eigenvalue weighted by molar-refractivity contribution is 0.950. The first-order valence-corrected chi connectivity index (χ1v) is 5.70. The zero-order valence-electron chi connectivity index (χ0n) is 6.54. The van der Waals surface area contributed by atoms with Crippen LogP contribution in [0.2, 0.25) is 0 Å². The highest BCUT2D eigenvalue weighted by molar-refractivity contribution is 8.77. The van der Waals surface area contributed by atoms with Gasteiger partial charge in [0.2, 0.25) is 0 Å². The van der Waals surface area contributed by atoms with E-state index in [1.54, 1.807) is 0 Å². The second kappa shape index (κ2) is 6.34. The highest BCUT2D eigenvalue weighted by Gasteiger charge is 2.03. The molecule has 62 valence electrons. The number of hydrogen-bond acceptors (Lipinski definition) is 4. The van der Waals surface area contributed by atoms with E-state index in [0.717, 1.165) is 13.1 Å².